The normalized spacial score (nSPS) is 56.0. The van der Waals surface area contributed by atoms with Crippen molar-refractivity contribution in [3.8, 4) is 0 Å². The van der Waals surface area contributed by atoms with E-state index in [-0.39, 0.29) is 41.4 Å². The molecule has 0 aromatic carbocycles. The second-order valence-corrected chi connectivity index (χ2v) is 11.6. The Morgan fingerprint density at radius 1 is 0.933 bits per heavy atom. The predicted octanol–water partition coefficient (Wildman–Crippen LogP) is 0.902. The highest BCUT2D eigenvalue weighted by Gasteiger charge is 2.66. The van der Waals surface area contributed by atoms with Crippen LogP contribution >= 0.6 is 0 Å². The van der Waals surface area contributed by atoms with E-state index in [9.17, 15) is 28.8 Å². The van der Waals surface area contributed by atoms with Crippen molar-refractivity contribution in [2.75, 3.05) is 0 Å². The summed E-state index contributed by atoms with van der Waals surface area (Å²) < 4.78 is 36.5. The third-order valence-corrected chi connectivity index (χ3v) is 9.86. The Balaban J connectivity index is 1.68. The molecule has 4 aliphatic rings. The highest BCUT2D eigenvalue weighted by atomic mass is 32.3. The number of fused-ring (bicyclic) bond motifs is 5. The van der Waals surface area contributed by atoms with Crippen LogP contribution in [0.5, 0.6) is 0 Å². The van der Waals surface area contributed by atoms with Crippen molar-refractivity contribution in [1.82, 2.24) is 0 Å². The molecule has 30 heavy (non-hydrogen) atoms. The third-order valence-electron chi connectivity index (χ3n) is 9.37. The van der Waals surface area contributed by atoms with E-state index in [4.69, 9.17) is 8.74 Å². The minimum absolute atomic E-state index is 0.0642. The van der Waals surface area contributed by atoms with Crippen LogP contribution in [0.4, 0.5) is 0 Å². The monoisotopic (exact) mass is 446 g/mol. The topological polar surface area (TPSA) is 145 Å². The molecule has 0 bridgehead atoms. The Morgan fingerprint density at radius 2 is 1.60 bits per heavy atom. The second-order valence-electron chi connectivity index (χ2n) is 10.5. The molecule has 0 heterocycles. The zero-order valence-electron chi connectivity index (χ0n) is 17.5. The summed E-state index contributed by atoms with van der Waals surface area (Å²) in [6.45, 7) is 7.98. The van der Waals surface area contributed by atoms with E-state index in [1.54, 1.807) is 6.08 Å². The lowest BCUT2D eigenvalue weighted by Crippen LogP contribution is -2.63. The van der Waals surface area contributed by atoms with Crippen LogP contribution < -0.4 is 0 Å². The fourth-order valence-electron chi connectivity index (χ4n) is 8.14. The molecule has 0 unspecified atom stereocenters. The van der Waals surface area contributed by atoms with Gasteiger partial charge in [-0.3, -0.25) is 4.55 Å². The zero-order chi connectivity index (χ0) is 22.2. The van der Waals surface area contributed by atoms with Crippen molar-refractivity contribution < 1.29 is 37.6 Å². The van der Waals surface area contributed by atoms with Gasteiger partial charge in [0, 0.05) is 5.92 Å². The highest BCUT2D eigenvalue weighted by molar-refractivity contribution is 7.80. The Hall–Kier alpha value is -0.550. The number of hydrogen-bond acceptors (Lipinski definition) is 7. The maximum absolute atomic E-state index is 11.3. The summed E-state index contributed by atoms with van der Waals surface area (Å²) in [6.07, 6.45) is -0.639. The minimum atomic E-state index is -4.78. The molecular weight excluding hydrogens is 412 g/mol. The quantitative estimate of drug-likeness (QED) is 0.318. The lowest BCUT2D eigenvalue weighted by Gasteiger charge is -2.62. The molecule has 4 aliphatic carbocycles. The molecule has 0 aromatic heterocycles. The van der Waals surface area contributed by atoms with Gasteiger partial charge in [-0.1, -0.05) is 19.9 Å². The maximum atomic E-state index is 11.3. The van der Waals surface area contributed by atoms with E-state index in [2.05, 4.69) is 13.5 Å². The molecule has 4 rings (SSSR count). The molecule has 0 amide bonds. The van der Waals surface area contributed by atoms with E-state index in [0.29, 0.717) is 6.42 Å². The van der Waals surface area contributed by atoms with Crippen molar-refractivity contribution in [2.24, 2.45) is 40.4 Å². The number of aliphatic hydroxyl groups is 4. The molecule has 0 aliphatic heterocycles. The first-order valence-electron chi connectivity index (χ1n) is 10.9. The van der Waals surface area contributed by atoms with Gasteiger partial charge in [0.25, 0.3) is 0 Å². The van der Waals surface area contributed by atoms with Crippen LogP contribution in [-0.2, 0) is 14.6 Å². The van der Waals surface area contributed by atoms with E-state index in [1.165, 1.54) is 0 Å². The van der Waals surface area contributed by atoms with Crippen molar-refractivity contribution in [3.05, 3.63) is 12.7 Å². The van der Waals surface area contributed by atoms with Gasteiger partial charge in [0.05, 0.1) is 18.3 Å². The second kappa shape index (κ2) is 7.23. The summed E-state index contributed by atoms with van der Waals surface area (Å²) in [5, 5.41) is 42.9. The van der Waals surface area contributed by atoms with Gasteiger partial charge in [0.1, 0.15) is 12.2 Å². The Kier molecular flexibility index (Phi) is 5.46. The molecule has 172 valence electrons. The lowest BCUT2D eigenvalue weighted by atomic mass is 9.44. The summed E-state index contributed by atoms with van der Waals surface area (Å²) in [5.74, 6) is -0.406. The Labute approximate surface area is 177 Å². The third kappa shape index (κ3) is 3.12. The summed E-state index contributed by atoms with van der Waals surface area (Å²) in [4.78, 5) is 0. The fraction of sp³-hybridized carbons (Fsp3) is 0.905. The Morgan fingerprint density at radius 3 is 2.20 bits per heavy atom. The molecule has 5 N–H and O–H groups in total. The summed E-state index contributed by atoms with van der Waals surface area (Å²) >= 11 is 0. The van der Waals surface area contributed by atoms with Crippen LogP contribution in [0.1, 0.15) is 46.0 Å². The average Bonchev–Trinajstić information content (AvgIpc) is 2.83. The van der Waals surface area contributed by atoms with Gasteiger partial charge < -0.3 is 20.4 Å². The van der Waals surface area contributed by atoms with Gasteiger partial charge in [-0.2, -0.15) is 8.42 Å². The van der Waals surface area contributed by atoms with Crippen LogP contribution in [0.2, 0.25) is 0 Å². The zero-order valence-corrected chi connectivity index (χ0v) is 18.3. The van der Waals surface area contributed by atoms with E-state index >= 15 is 0 Å². The number of rotatable bonds is 3. The first-order valence-corrected chi connectivity index (χ1v) is 12.2. The van der Waals surface area contributed by atoms with Gasteiger partial charge in [-0.05, 0) is 66.6 Å². The van der Waals surface area contributed by atoms with Gasteiger partial charge >= 0.3 is 10.4 Å². The summed E-state index contributed by atoms with van der Waals surface area (Å²) in [5.41, 5.74) is -0.808. The minimum Gasteiger partial charge on any atom is -0.390 e. The van der Waals surface area contributed by atoms with E-state index in [0.717, 1.165) is 19.3 Å². The number of aliphatic hydroxyl groups excluding tert-OH is 4. The molecular formula is C21H34O8S. The fourth-order valence-corrected chi connectivity index (χ4v) is 8.64. The van der Waals surface area contributed by atoms with Crippen LogP contribution in [0, 0.1) is 40.4 Å². The summed E-state index contributed by atoms with van der Waals surface area (Å²) in [6, 6.07) is 0. The maximum Gasteiger partial charge on any atom is 0.397 e. The van der Waals surface area contributed by atoms with Gasteiger partial charge in [0.2, 0.25) is 0 Å². The Bertz CT molecular complexity index is 801. The van der Waals surface area contributed by atoms with Crippen molar-refractivity contribution in [2.45, 2.75) is 76.5 Å². The van der Waals surface area contributed by atoms with Crippen LogP contribution in [0.3, 0.4) is 0 Å². The highest BCUT2D eigenvalue weighted by Crippen LogP contribution is 2.67. The van der Waals surface area contributed by atoms with Crippen LogP contribution in [-0.4, -0.2) is 63.9 Å². The average molecular weight is 447 g/mol. The molecule has 0 aromatic rings. The van der Waals surface area contributed by atoms with Gasteiger partial charge in [0.15, 0.2) is 0 Å². The van der Waals surface area contributed by atoms with Crippen molar-refractivity contribution in [1.29, 1.82) is 0 Å². The molecule has 0 spiro atoms. The lowest BCUT2D eigenvalue weighted by molar-refractivity contribution is -0.206. The molecule has 9 heteroatoms. The molecule has 12 atom stereocenters. The van der Waals surface area contributed by atoms with Crippen molar-refractivity contribution in [3.63, 3.8) is 0 Å². The number of hydrogen-bond donors (Lipinski definition) is 5. The first-order chi connectivity index (χ1) is 13.8. The molecule has 0 radical (unpaired) electrons. The smallest absolute Gasteiger partial charge is 0.390 e. The SMILES string of the molecule is C=C[C@H]1[C@@H](O)[C@@H](O)[C@H]2[C@@H]3CC[C@H]4[C@@H](O)[C@@H](O)[C@@H](OS(=O)(=O)O)C[C@]4(C)[C@H]3CC[C@@]21C. The van der Waals surface area contributed by atoms with E-state index < -0.39 is 46.3 Å². The molecule has 4 saturated carbocycles. The summed E-state index contributed by atoms with van der Waals surface area (Å²) in [7, 11) is -4.78. The van der Waals surface area contributed by atoms with Crippen LogP contribution in [0.25, 0.3) is 0 Å². The first kappa shape index (κ1) is 22.6. The largest absolute Gasteiger partial charge is 0.397 e. The van der Waals surface area contributed by atoms with Gasteiger partial charge in [-0.25, -0.2) is 4.18 Å². The predicted molar refractivity (Wildman–Crippen MR) is 107 cm³/mol. The van der Waals surface area contributed by atoms with Crippen molar-refractivity contribution >= 4 is 10.4 Å². The standard InChI is InChI=1S/C21H34O8S/c1-4-11-16(22)19(25)15-10-5-6-13-17(23)18(24)14(29-30(26,27)28)9-21(13,3)12(10)7-8-20(11,15)2/h4,10-19,22-25H,1,5-9H2,2-3H3,(H,26,27,28)/t10-,11+,12+,13+,14+,15-,16-,17-,18+,19+,20-,21-/m1/s1. The molecule has 8 nitrogen and oxygen atoms in total. The molecule has 0 saturated heterocycles. The van der Waals surface area contributed by atoms with E-state index in [1.807, 2.05) is 6.92 Å². The van der Waals surface area contributed by atoms with Gasteiger partial charge in [-0.15, -0.1) is 6.58 Å². The molecule has 4 fully saturated rings. The van der Waals surface area contributed by atoms with Crippen LogP contribution in [0.15, 0.2) is 12.7 Å².